The molecule has 1 rings (SSSR count). The highest BCUT2D eigenvalue weighted by Gasteiger charge is 2.31. The summed E-state index contributed by atoms with van der Waals surface area (Å²) in [4.78, 5) is 0. The Hall–Kier alpha value is -1.44. The molecule has 0 amide bonds. The Labute approximate surface area is 105 Å². The quantitative estimate of drug-likeness (QED) is 0.659. The zero-order valence-electron chi connectivity index (χ0n) is 9.61. The third-order valence-corrected chi connectivity index (χ3v) is 2.07. The number of rotatable bonds is 5. The molecule has 0 radical (unpaired) electrons. The molecule has 0 spiro atoms. The lowest BCUT2D eigenvalue weighted by atomic mass is 10.2. The minimum Gasteiger partial charge on any atom is -0.406 e. The van der Waals surface area contributed by atoms with E-state index in [4.69, 9.17) is 0 Å². The van der Waals surface area contributed by atoms with Crippen LogP contribution in [0, 0.1) is 0 Å². The van der Waals surface area contributed by atoms with E-state index in [1.807, 2.05) is 0 Å². The van der Waals surface area contributed by atoms with Gasteiger partial charge in [-0.1, -0.05) is 12.1 Å². The number of hydrogen-bond donors (Lipinski definition) is 1. The Morgan fingerprint density at radius 3 is 2.00 bits per heavy atom. The second kappa shape index (κ2) is 6.14. The average molecular weight is 287 g/mol. The number of benzene rings is 1. The van der Waals surface area contributed by atoms with Gasteiger partial charge in [-0.3, -0.25) is 0 Å². The predicted molar refractivity (Wildman–Crippen MR) is 55.5 cm³/mol. The first-order valence-electron chi connectivity index (χ1n) is 5.28. The molecule has 0 saturated heterocycles. The molecule has 0 saturated carbocycles. The van der Waals surface area contributed by atoms with Gasteiger partial charge in [0.1, 0.15) is 5.75 Å². The SMILES string of the molecule is FC(F)(F)CCNCc1ccc(OC(F)(F)F)cc1. The van der Waals surface area contributed by atoms with Gasteiger partial charge in [-0.05, 0) is 17.7 Å². The molecule has 2 nitrogen and oxygen atoms in total. The smallest absolute Gasteiger partial charge is 0.406 e. The maximum atomic E-state index is 11.9. The van der Waals surface area contributed by atoms with E-state index in [0.717, 1.165) is 12.1 Å². The molecular formula is C11H11F6NO. The van der Waals surface area contributed by atoms with Crippen molar-refractivity contribution in [2.24, 2.45) is 0 Å². The van der Waals surface area contributed by atoms with E-state index >= 15 is 0 Å². The molecule has 0 heterocycles. The number of ether oxygens (including phenoxy) is 1. The van der Waals surface area contributed by atoms with Gasteiger partial charge < -0.3 is 10.1 Å². The average Bonchev–Trinajstić information content (AvgIpc) is 2.23. The summed E-state index contributed by atoms with van der Waals surface area (Å²) in [6.45, 7) is -0.104. The summed E-state index contributed by atoms with van der Waals surface area (Å²) >= 11 is 0. The van der Waals surface area contributed by atoms with E-state index in [9.17, 15) is 26.3 Å². The molecule has 0 fully saturated rings. The summed E-state index contributed by atoms with van der Waals surface area (Å²) in [5.74, 6) is -0.369. The van der Waals surface area contributed by atoms with Gasteiger partial charge in [-0.2, -0.15) is 13.2 Å². The Morgan fingerprint density at radius 2 is 1.53 bits per heavy atom. The highest BCUT2D eigenvalue weighted by atomic mass is 19.4. The molecule has 1 aromatic rings. The molecule has 0 aromatic heterocycles. The highest BCUT2D eigenvalue weighted by Crippen LogP contribution is 2.22. The normalized spacial score (nSPS) is 12.5. The molecule has 19 heavy (non-hydrogen) atoms. The van der Waals surface area contributed by atoms with Crippen LogP contribution in [0.25, 0.3) is 0 Å². The lowest BCUT2D eigenvalue weighted by molar-refractivity contribution is -0.274. The van der Waals surface area contributed by atoms with Crippen LogP contribution >= 0.6 is 0 Å². The first-order chi connectivity index (χ1) is 8.66. The van der Waals surface area contributed by atoms with Crippen LogP contribution in [-0.2, 0) is 6.54 Å². The van der Waals surface area contributed by atoms with Crippen LogP contribution in [0.15, 0.2) is 24.3 Å². The second-order valence-corrected chi connectivity index (χ2v) is 3.73. The van der Waals surface area contributed by atoms with Crippen molar-refractivity contribution in [2.75, 3.05) is 6.54 Å². The Morgan fingerprint density at radius 1 is 0.947 bits per heavy atom. The van der Waals surface area contributed by atoms with Crippen molar-refractivity contribution in [3.8, 4) is 5.75 Å². The molecule has 8 heteroatoms. The molecular weight excluding hydrogens is 276 g/mol. The Bertz CT molecular complexity index is 384. The molecule has 0 unspecified atom stereocenters. The van der Waals surface area contributed by atoms with E-state index in [1.165, 1.54) is 12.1 Å². The summed E-state index contributed by atoms with van der Waals surface area (Å²) in [7, 11) is 0. The van der Waals surface area contributed by atoms with E-state index in [0.29, 0.717) is 5.56 Å². The van der Waals surface area contributed by atoms with Crippen molar-refractivity contribution in [3.63, 3.8) is 0 Å². The van der Waals surface area contributed by atoms with E-state index in [-0.39, 0.29) is 18.8 Å². The second-order valence-electron chi connectivity index (χ2n) is 3.73. The fourth-order valence-electron chi connectivity index (χ4n) is 1.27. The number of alkyl halides is 6. The van der Waals surface area contributed by atoms with Crippen LogP contribution in [0.1, 0.15) is 12.0 Å². The molecule has 0 atom stereocenters. The summed E-state index contributed by atoms with van der Waals surface area (Å²) in [5.41, 5.74) is 0.566. The van der Waals surface area contributed by atoms with E-state index in [1.54, 1.807) is 0 Å². The third kappa shape index (κ3) is 7.55. The predicted octanol–water partition coefficient (Wildman–Crippen LogP) is 3.63. The summed E-state index contributed by atoms with van der Waals surface area (Å²) in [5, 5.41) is 2.54. The van der Waals surface area contributed by atoms with Gasteiger partial charge in [0, 0.05) is 13.1 Å². The topological polar surface area (TPSA) is 21.3 Å². The van der Waals surface area contributed by atoms with Crippen LogP contribution < -0.4 is 10.1 Å². The molecule has 0 aliphatic carbocycles. The van der Waals surface area contributed by atoms with Crippen LogP contribution in [0.5, 0.6) is 5.75 Å². The zero-order chi connectivity index (χ0) is 14.5. The summed E-state index contributed by atoms with van der Waals surface area (Å²) in [6, 6.07) is 4.91. The van der Waals surface area contributed by atoms with Crippen molar-refractivity contribution in [1.82, 2.24) is 5.32 Å². The van der Waals surface area contributed by atoms with Crippen molar-refractivity contribution < 1.29 is 31.1 Å². The maximum Gasteiger partial charge on any atom is 0.573 e. The van der Waals surface area contributed by atoms with Crippen LogP contribution in [-0.4, -0.2) is 19.1 Å². The monoisotopic (exact) mass is 287 g/mol. The van der Waals surface area contributed by atoms with Gasteiger partial charge in [-0.25, -0.2) is 0 Å². The first kappa shape index (κ1) is 15.6. The first-order valence-corrected chi connectivity index (χ1v) is 5.28. The lowest BCUT2D eigenvalue weighted by Crippen LogP contribution is -2.21. The van der Waals surface area contributed by atoms with Crippen molar-refractivity contribution >= 4 is 0 Å². The minimum atomic E-state index is -4.76. The van der Waals surface area contributed by atoms with Gasteiger partial charge in [0.2, 0.25) is 0 Å². The molecule has 0 aliphatic rings. The van der Waals surface area contributed by atoms with Crippen LogP contribution in [0.4, 0.5) is 26.3 Å². The van der Waals surface area contributed by atoms with Crippen LogP contribution in [0.2, 0.25) is 0 Å². The number of halogens is 6. The largest absolute Gasteiger partial charge is 0.573 e. The Balaban J connectivity index is 2.36. The van der Waals surface area contributed by atoms with Crippen molar-refractivity contribution in [2.45, 2.75) is 25.5 Å². The van der Waals surface area contributed by atoms with Gasteiger partial charge in [0.15, 0.2) is 0 Å². The van der Waals surface area contributed by atoms with Crippen molar-refractivity contribution in [1.29, 1.82) is 0 Å². The van der Waals surface area contributed by atoms with Gasteiger partial charge in [0.25, 0.3) is 0 Å². The molecule has 0 aliphatic heterocycles. The maximum absolute atomic E-state index is 11.9. The fourth-order valence-corrected chi connectivity index (χ4v) is 1.27. The van der Waals surface area contributed by atoms with E-state index in [2.05, 4.69) is 10.1 Å². The molecule has 1 N–H and O–H groups in total. The van der Waals surface area contributed by atoms with Crippen LogP contribution in [0.3, 0.4) is 0 Å². The number of hydrogen-bond acceptors (Lipinski definition) is 2. The molecule has 108 valence electrons. The van der Waals surface area contributed by atoms with Gasteiger partial charge in [-0.15, -0.1) is 13.2 Å². The Kier molecular flexibility index (Phi) is 5.04. The zero-order valence-corrected chi connectivity index (χ0v) is 9.61. The minimum absolute atomic E-state index is 0.141. The van der Waals surface area contributed by atoms with Crippen molar-refractivity contribution in [3.05, 3.63) is 29.8 Å². The standard InChI is InChI=1S/C11H11F6NO/c12-10(13,14)5-6-18-7-8-1-3-9(4-2-8)19-11(15,16)17/h1-4,18H,5-7H2. The fraction of sp³-hybridized carbons (Fsp3) is 0.455. The van der Waals surface area contributed by atoms with Gasteiger partial charge in [0.05, 0.1) is 6.42 Å². The molecule has 0 bridgehead atoms. The summed E-state index contributed by atoms with van der Waals surface area (Å²) in [6.07, 6.45) is -9.94. The van der Waals surface area contributed by atoms with E-state index < -0.39 is 19.0 Å². The third-order valence-electron chi connectivity index (χ3n) is 2.07. The summed E-state index contributed by atoms with van der Waals surface area (Å²) < 4.78 is 74.7. The van der Waals surface area contributed by atoms with Gasteiger partial charge >= 0.3 is 12.5 Å². The molecule has 1 aromatic carbocycles. The number of nitrogens with one attached hydrogen (secondary N) is 1. The highest BCUT2D eigenvalue weighted by molar-refractivity contribution is 5.27. The lowest BCUT2D eigenvalue weighted by Gasteiger charge is -2.10.